The van der Waals surface area contributed by atoms with Crippen LogP contribution >= 0.6 is 11.3 Å². The van der Waals surface area contributed by atoms with Crippen molar-refractivity contribution in [3.63, 3.8) is 0 Å². The predicted octanol–water partition coefficient (Wildman–Crippen LogP) is 2.41. The molecule has 1 N–H and O–H groups in total. The second-order valence-electron chi connectivity index (χ2n) is 5.08. The minimum atomic E-state index is -0.769. The first-order chi connectivity index (χ1) is 10.2. The van der Waals surface area contributed by atoms with Crippen molar-refractivity contribution in [3.8, 4) is 0 Å². The third-order valence-electron chi connectivity index (χ3n) is 3.48. The Morgan fingerprint density at radius 3 is 3.00 bits per heavy atom. The second kappa shape index (κ2) is 7.87. The summed E-state index contributed by atoms with van der Waals surface area (Å²) in [5.74, 6) is 0.145. The number of hydrogen-bond acceptors (Lipinski definition) is 5. The van der Waals surface area contributed by atoms with Crippen molar-refractivity contribution in [3.05, 3.63) is 28.2 Å². The highest BCUT2D eigenvalue weighted by atomic mass is 32.1. The molecule has 2 aromatic rings. The number of carbonyl (C=O) groups is 1. The van der Waals surface area contributed by atoms with Crippen LogP contribution in [0.3, 0.4) is 0 Å². The quantitative estimate of drug-likeness (QED) is 0.769. The van der Waals surface area contributed by atoms with E-state index >= 15 is 0 Å². The lowest BCUT2D eigenvalue weighted by Crippen LogP contribution is -2.17. The molecule has 0 bridgehead atoms. The number of nitrogens with zero attached hydrogens (tertiary/aromatic N) is 4. The van der Waals surface area contributed by atoms with Gasteiger partial charge in [0.05, 0.1) is 0 Å². The Morgan fingerprint density at radius 1 is 1.48 bits per heavy atom. The van der Waals surface area contributed by atoms with Gasteiger partial charge < -0.3 is 5.11 Å². The van der Waals surface area contributed by atoms with Gasteiger partial charge in [0.2, 0.25) is 0 Å². The van der Waals surface area contributed by atoms with Crippen LogP contribution < -0.4 is 0 Å². The molecule has 6 nitrogen and oxygen atoms in total. The fourth-order valence-electron chi connectivity index (χ4n) is 2.25. The van der Waals surface area contributed by atoms with Crippen LogP contribution in [0.2, 0.25) is 0 Å². The van der Waals surface area contributed by atoms with Gasteiger partial charge in [-0.15, -0.1) is 16.4 Å². The topological polar surface area (TPSA) is 80.9 Å². The molecule has 2 heterocycles. The Hall–Kier alpha value is -1.76. The third kappa shape index (κ3) is 4.93. The molecule has 0 aliphatic heterocycles. The summed E-state index contributed by atoms with van der Waals surface area (Å²) < 4.78 is 1.76. The molecule has 0 fully saturated rings. The molecule has 0 amide bonds. The van der Waals surface area contributed by atoms with Gasteiger partial charge in [-0.1, -0.05) is 19.4 Å². The van der Waals surface area contributed by atoms with Crippen molar-refractivity contribution >= 4 is 17.3 Å². The lowest BCUT2D eigenvalue weighted by atomic mass is 10.0. The Bertz CT molecular complexity index is 553. The predicted molar refractivity (Wildman–Crippen MR) is 80.2 cm³/mol. The summed E-state index contributed by atoms with van der Waals surface area (Å²) in [5.41, 5.74) is 0. The van der Waals surface area contributed by atoms with Gasteiger partial charge >= 0.3 is 5.97 Å². The van der Waals surface area contributed by atoms with Gasteiger partial charge in [0.15, 0.2) is 5.82 Å². The second-order valence-corrected chi connectivity index (χ2v) is 6.11. The lowest BCUT2D eigenvalue weighted by Gasteiger charge is -2.12. The minimum absolute atomic E-state index is 0.0713. The normalized spacial score (nSPS) is 12.4. The molecular formula is C14H20N4O2S. The summed E-state index contributed by atoms with van der Waals surface area (Å²) in [7, 11) is 0. The Balaban J connectivity index is 1.87. The largest absolute Gasteiger partial charge is 0.481 e. The molecule has 1 atom stereocenters. The molecule has 0 saturated carbocycles. The molecule has 21 heavy (non-hydrogen) atoms. The Morgan fingerprint density at radius 2 is 2.33 bits per heavy atom. The zero-order valence-electron chi connectivity index (χ0n) is 12.1. The van der Waals surface area contributed by atoms with Crippen molar-refractivity contribution in [2.45, 2.75) is 45.6 Å². The van der Waals surface area contributed by atoms with E-state index < -0.39 is 5.97 Å². The SMILES string of the molecule is CCC(CC(=O)O)Cn1nnnc1CCCc1cccs1. The van der Waals surface area contributed by atoms with E-state index in [9.17, 15) is 4.79 Å². The van der Waals surface area contributed by atoms with Crippen LogP contribution in [0.4, 0.5) is 0 Å². The number of thiophene rings is 1. The maximum atomic E-state index is 10.8. The molecule has 0 aliphatic carbocycles. The standard InChI is InChI=1S/C14H20N4O2S/c1-2-11(9-14(19)20)10-18-13(15-16-17-18)7-3-5-12-6-4-8-21-12/h4,6,8,11H,2-3,5,7,9-10H2,1H3,(H,19,20). The van der Waals surface area contributed by atoms with E-state index in [4.69, 9.17) is 5.11 Å². The molecule has 2 aromatic heterocycles. The van der Waals surface area contributed by atoms with Crippen LogP contribution in [0.5, 0.6) is 0 Å². The summed E-state index contributed by atoms with van der Waals surface area (Å²) in [6.45, 7) is 2.57. The molecular weight excluding hydrogens is 288 g/mol. The zero-order chi connectivity index (χ0) is 15.1. The van der Waals surface area contributed by atoms with Crippen LogP contribution in [-0.2, 0) is 24.2 Å². The van der Waals surface area contributed by atoms with Gasteiger partial charge in [0, 0.05) is 24.3 Å². The van der Waals surface area contributed by atoms with Crippen molar-refractivity contribution in [2.75, 3.05) is 0 Å². The maximum Gasteiger partial charge on any atom is 0.303 e. The van der Waals surface area contributed by atoms with Crippen LogP contribution in [0.25, 0.3) is 0 Å². The first kappa shape index (κ1) is 15.6. The Labute approximate surface area is 127 Å². The van der Waals surface area contributed by atoms with Gasteiger partial charge in [0.1, 0.15) is 0 Å². The monoisotopic (exact) mass is 308 g/mol. The third-order valence-corrected chi connectivity index (χ3v) is 4.42. The van der Waals surface area contributed by atoms with Crippen LogP contribution in [-0.4, -0.2) is 31.3 Å². The van der Waals surface area contributed by atoms with E-state index in [0.717, 1.165) is 31.5 Å². The zero-order valence-corrected chi connectivity index (χ0v) is 12.9. The molecule has 2 rings (SSSR count). The van der Waals surface area contributed by atoms with Gasteiger partial charge in [-0.25, -0.2) is 4.68 Å². The first-order valence-electron chi connectivity index (χ1n) is 7.18. The average molecular weight is 308 g/mol. The molecule has 0 spiro atoms. The van der Waals surface area contributed by atoms with E-state index in [1.807, 2.05) is 6.92 Å². The van der Waals surface area contributed by atoms with Crippen molar-refractivity contribution in [2.24, 2.45) is 5.92 Å². The maximum absolute atomic E-state index is 10.8. The highest BCUT2D eigenvalue weighted by molar-refractivity contribution is 7.09. The lowest BCUT2D eigenvalue weighted by molar-refractivity contribution is -0.138. The van der Waals surface area contributed by atoms with E-state index in [-0.39, 0.29) is 12.3 Å². The number of tetrazole rings is 1. The summed E-state index contributed by atoms with van der Waals surface area (Å²) in [4.78, 5) is 12.2. The number of rotatable bonds is 9. The summed E-state index contributed by atoms with van der Waals surface area (Å²) in [6.07, 6.45) is 3.80. The summed E-state index contributed by atoms with van der Waals surface area (Å²) in [6, 6.07) is 4.19. The van der Waals surface area contributed by atoms with E-state index in [2.05, 4.69) is 33.0 Å². The summed E-state index contributed by atoms with van der Waals surface area (Å²) >= 11 is 1.76. The van der Waals surface area contributed by atoms with Crippen molar-refractivity contribution in [1.82, 2.24) is 20.2 Å². The number of aromatic nitrogens is 4. The molecule has 0 saturated heterocycles. The average Bonchev–Trinajstić information content (AvgIpc) is 3.10. The van der Waals surface area contributed by atoms with E-state index in [1.54, 1.807) is 16.0 Å². The van der Waals surface area contributed by atoms with Crippen molar-refractivity contribution < 1.29 is 9.90 Å². The van der Waals surface area contributed by atoms with Gasteiger partial charge in [0.25, 0.3) is 0 Å². The number of carboxylic acids is 1. The van der Waals surface area contributed by atoms with Crippen molar-refractivity contribution in [1.29, 1.82) is 0 Å². The van der Waals surface area contributed by atoms with Gasteiger partial charge in [-0.05, 0) is 40.6 Å². The first-order valence-corrected chi connectivity index (χ1v) is 8.06. The Kier molecular flexibility index (Phi) is 5.86. The van der Waals surface area contributed by atoms with Crippen LogP contribution in [0, 0.1) is 5.92 Å². The van der Waals surface area contributed by atoms with Gasteiger partial charge in [-0.3, -0.25) is 4.79 Å². The molecule has 7 heteroatoms. The molecule has 114 valence electrons. The van der Waals surface area contributed by atoms with E-state index in [0.29, 0.717) is 6.54 Å². The number of aliphatic carboxylic acids is 1. The molecule has 0 radical (unpaired) electrons. The fraction of sp³-hybridized carbons (Fsp3) is 0.571. The van der Waals surface area contributed by atoms with Crippen LogP contribution in [0.15, 0.2) is 17.5 Å². The highest BCUT2D eigenvalue weighted by Crippen LogP contribution is 2.14. The molecule has 0 aliphatic rings. The fourth-order valence-corrected chi connectivity index (χ4v) is 3.00. The minimum Gasteiger partial charge on any atom is -0.481 e. The van der Waals surface area contributed by atoms with E-state index in [1.165, 1.54) is 4.88 Å². The molecule has 1 unspecified atom stereocenters. The number of aryl methyl sites for hydroxylation is 2. The summed E-state index contributed by atoms with van der Waals surface area (Å²) in [5, 5.41) is 22.8. The highest BCUT2D eigenvalue weighted by Gasteiger charge is 2.15. The smallest absolute Gasteiger partial charge is 0.303 e. The van der Waals surface area contributed by atoms with Gasteiger partial charge in [-0.2, -0.15) is 0 Å². The molecule has 0 aromatic carbocycles. The number of carboxylic acid groups (broad SMARTS) is 1. The van der Waals surface area contributed by atoms with Crippen LogP contribution in [0.1, 0.15) is 36.9 Å². The number of hydrogen-bond donors (Lipinski definition) is 1.